The summed E-state index contributed by atoms with van der Waals surface area (Å²) in [6.07, 6.45) is 8.52. The van der Waals surface area contributed by atoms with Crippen molar-refractivity contribution in [3.63, 3.8) is 0 Å². The van der Waals surface area contributed by atoms with Crippen LogP contribution in [0.25, 0.3) is 16.2 Å². The Bertz CT molecular complexity index is 1070. The fourth-order valence-corrected chi connectivity index (χ4v) is 7.54. The zero-order valence-corrected chi connectivity index (χ0v) is 18.0. The molecule has 2 heterocycles. The van der Waals surface area contributed by atoms with Crippen LogP contribution in [0.15, 0.2) is 29.6 Å². The number of methoxy groups -OCH3 is 1. The van der Waals surface area contributed by atoms with Gasteiger partial charge in [0.05, 0.1) is 12.8 Å². The summed E-state index contributed by atoms with van der Waals surface area (Å²) >= 11 is 1.53. The van der Waals surface area contributed by atoms with E-state index in [-0.39, 0.29) is 11.3 Å². The van der Waals surface area contributed by atoms with Gasteiger partial charge >= 0.3 is 0 Å². The highest BCUT2D eigenvalue weighted by Gasteiger charge is 2.51. The molecule has 0 atom stereocenters. The van der Waals surface area contributed by atoms with Crippen LogP contribution in [0, 0.1) is 23.2 Å². The number of amides is 1. The molecule has 4 fully saturated rings. The van der Waals surface area contributed by atoms with Crippen molar-refractivity contribution in [2.75, 3.05) is 12.4 Å². The van der Waals surface area contributed by atoms with E-state index in [1.165, 1.54) is 49.9 Å². The second-order valence-electron chi connectivity index (χ2n) is 9.62. The third-order valence-electron chi connectivity index (χ3n) is 7.42. The predicted octanol–water partition coefficient (Wildman–Crippen LogP) is 5.01. The fourth-order valence-electron chi connectivity index (χ4n) is 6.71. The van der Waals surface area contributed by atoms with Gasteiger partial charge < -0.3 is 4.74 Å². The van der Waals surface area contributed by atoms with Crippen LogP contribution in [0.3, 0.4) is 0 Å². The molecule has 6 nitrogen and oxygen atoms in total. The van der Waals surface area contributed by atoms with Crippen LogP contribution < -0.4 is 10.1 Å². The van der Waals surface area contributed by atoms with Gasteiger partial charge in [-0.1, -0.05) is 0 Å². The first-order valence-electron chi connectivity index (χ1n) is 10.9. The van der Waals surface area contributed by atoms with Crippen LogP contribution in [0.4, 0.5) is 5.95 Å². The lowest BCUT2D eigenvalue weighted by molar-refractivity contribution is -0.124. The molecule has 4 aliphatic rings. The van der Waals surface area contributed by atoms with Crippen LogP contribution in [0.1, 0.15) is 44.9 Å². The molecule has 7 heteroatoms. The number of aromatic nitrogens is 3. The van der Waals surface area contributed by atoms with E-state index < -0.39 is 0 Å². The van der Waals surface area contributed by atoms with Gasteiger partial charge in [-0.15, -0.1) is 16.4 Å². The number of nitrogens with zero attached hydrogens (tertiary/aromatic N) is 3. The molecule has 4 saturated carbocycles. The van der Waals surface area contributed by atoms with Crippen LogP contribution >= 0.6 is 11.3 Å². The standard InChI is InChI=1S/C23H26N4O2S/c1-29-18-4-2-17(3-5-18)19-13-30-22-25-21(26-27(19)22)24-20(28)12-23-9-14-6-15(10-23)8-16(7-14)11-23/h2-5,13-16H,6-12H2,1H3,(H,24,26,28). The molecule has 7 rings (SSSR count). The highest BCUT2D eigenvalue weighted by molar-refractivity contribution is 7.15. The average molecular weight is 423 g/mol. The van der Waals surface area contributed by atoms with Gasteiger partial charge in [-0.3, -0.25) is 10.1 Å². The second-order valence-corrected chi connectivity index (χ2v) is 10.5. The van der Waals surface area contributed by atoms with E-state index in [9.17, 15) is 4.79 Å². The molecule has 156 valence electrons. The van der Waals surface area contributed by atoms with Gasteiger partial charge in [0.15, 0.2) is 0 Å². The Morgan fingerprint density at radius 2 is 1.83 bits per heavy atom. The number of ether oxygens (including phenoxy) is 1. The van der Waals surface area contributed by atoms with E-state index in [2.05, 4.69) is 15.4 Å². The first kappa shape index (κ1) is 18.4. The van der Waals surface area contributed by atoms with Crippen LogP contribution in [-0.4, -0.2) is 27.6 Å². The number of thiazole rings is 1. The van der Waals surface area contributed by atoms with E-state index in [1.54, 1.807) is 7.11 Å². The summed E-state index contributed by atoms with van der Waals surface area (Å²) in [4.78, 5) is 18.2. The van der Waals surface area contributed by atoms with Gasteiger partial charge in [0.25, 0.3) is 0 Å². The highest BCUT2D eigenvalue weighted by Crippen LogP contribution is 2.61. The van der Waals surface area contributed by atoms with E-state index in [4.69, 9.17) is 4.74 Å². The van der Waals surface area contributed by atoms with E-state index in [0.29, 0.717) is 12.4 Å². The van der Waals surface area contributed by atoms with Crippen molar-refractivity contribution in [2.24, 2.45) is 23.2 Å². The number of fused-ring (bicyclic) bond motifs is 1. The molecule has 30 heavy (non-hydrogen) atoms. The summed E-state index contributed by atoms with van der Waals surface area (Å²) in [5.41, 5.74) is 2.23. The topological polar surface area (TPSA) is 68.5 Å². The molecular formula is C23H26N4O2S. The SMILES string of the molecule is COc1ccc(-c2csc3nc(NC(=O)CC45CC6CC(CC(C6)C4)C5)nn23)cc1. The molecule has 2 aromatic heterocycles. The Morgan fingerprint density at radius 1 is 1.17 bits per heavy atom. The molecule has 1 aromatic carbocycles. The van der Waals surface area contributed by atoms with Crippen molar-refractivity contribution in [3.8, 4) is 17.0 Å². The molecule has 0 unspecified atom stereocenters. The van der Waals surface area contributed by atoms with Crippen molar-refractivity contribution in [1.29, 1.82) is 0 Å². The van der Waals surface area contributed by atoms with Crippen molar-refractivity contribution >= 4 is 28.2 Å². The summed E-state index contributed by atoms with van der Waals surface area (Å²) in [6, 6.07) is 7.88. The normalized spacial score (nSPS) is 29.4. The summed E-state index contributed by atoms with van der Waals surface area (Å²) in [5.74, 6) is 3.86. The van der Waals surface area contributed by atoms with Gasteiger partial charge in [0.1, 0.15) is 5.75 Å². The zero-order valence-electron chi connectivity index (χ0n) is 17.1. The maximum Gasteiger partial charge on any atom is 0.250 e. The van der Waals surface area contributed by atoms with Crippen LogP contribution in [0.2, 0.25) is 0 Å². The maximum absolute atomic E-state index is 12.9. The molecule has 1 amide bonds. The summed E-state index contributed by atoms with van der Waals surface area (Å²) < 4.78 is 7.05. The Kier molecular flexibility index (Phi) is 4.17. The minimum absolute atomic E-state index is 0.0706. The lowest BCUT2D eigenvalue weighted by Crippen LogP contribution is -2.47. The maximum atomic E-state index is 12.9. The Labute approximate surface area is 179 Å². The fraction of sp³-hybridized carbons (Fsp3) is 0.522. The summed E-state index contributed by atoms with van der Waals surface area (Å²) in [5, 5.41) is 9.61. The van der Waals surface area contributed by atoms with Gasteiger partial charge in [-0.05, 0) is 86.0 Å². The highest BCUT2D eigenvalue weighted by atomic mass is 32.1. The molecule has 4 aliphatic carbocycles. The largest absolute Gasteiger partial charge is 0.497 e. The molecule has 4 bridgehead atoms. The summed E-state index contributed by atoms with van der Waals surface area (Å²) in [6.45, 7) is 0. The predicted molar refractivity (Wildman–Crippen MR) is 117 cm³/mol. The smallest absolute Gasteiger partial charge is 0.250 e. The molecule has 3 aromatic rings. The number of anilines is 1. The van der Waals surface area contributed by atoms with Gasteiger partial charge in [-0.2, -0.15) is 4.98 Å². The van der Waals surface area contributed by atoms with Crippen LogP contribution in [0.5, 0.6) is 5.75 Å². The number of benzene rings is 1. The quantitative estimate of drug-likeness (QED) is 0.627. The first-order chi connectivity index (χ1) is 14.6. The van der Waals surface area contributed by atoms with Gasteiger partial charge in [0.2, 0.25) is 16.8 Å². The summed E-state index contributed by atoms with van der Waals surface area (Å²) in [7, 11) is 1.66. The number of carbonyl (C=O) groups is 1. The monoisotopic (exact) mass is 422 g/mol. The van der Waals surface area contributed by atoms with Crippen molar-refractivity contribution in [1.82, 2.24) is 14.6 Å². The zero-order chi connectivity index (χ0) is 20.3. The third-order valence-corrected chi connectivity index (χ3v) is 8.24. The molecule has 1 N–H and O–H groups in total. The first-order valence-corrected chi connectivity index (χ1v) is 11.8. The van der Waals surface area contributed by atoms with Crippen molar-refractivity contribution < 1.29 is 9.53 Å². The van der Waals surface area contributed by atoms with Crippen LogP contribution in [-0.2, 0) is 4.79 Å². The van der Waals surface area contributed by atoms with Gasteiger partial charge in [0, 0.05) is 17.4 Å². The van der Waals surface area contributed by atoms with E-state index >= 15 is 0 Å². The second kappa shape index (κ2) is 6.80. The van der Waals surface area contributed by atoms with Gasteiger partial charge in [-0.25, -0.2) is 4.52 Å². The molecular weight excluding hydrogens is 396 g/mol. The van der Waals surface area contributed by atoms with E-state index in [1.807, 2.05) is 34.2 Å². The lowest BCUT2D eigenvalue weighted by atomic mass is 9.49. The molecule has 0 spiro atoms. The minimum Gasteiger partial charge on any atom is -0.497 e. The number of hydrogen-bond donors (Lipinski definition) is 1. The van der Waals surface area contributed by atoms with E-state index in [0.717, 1.165) is 39.7 Å². The number of rotatable bonds is 5. The minimum atomic E-state index is 0.0706. The number of carbonyl (C=O) groups excluding carboxylic acids is 1. The number of nitrogens with one attached hydrogen (secondary N) is 1. The number of hydrogen-bond acceptors (Lipinski definition) is 5. The molecule has 0 radical (unpaired) electrons. The van der Waals surface area contributed by atoms with Crippen molar-refractivity contribution in [2.45, 2.75) is 44.9 Å². The Morgan fingerprint density at radius 3 is 2.47 bits per heavy atom. The lowest BCUT2D eigenvalue weighted by Gasteiger charge is -2.56. The van der Waals surface area contributed by atoms with Crippen molar-refractivity contribution in [3.05, 3.63) is 29.6 Å². The Hall–Kier alpha value is -2.41. The molecule has 0 saturated heterocycles. The molecule has 0 aliphatic heterocycles. The third kappa shape index (κ3) is 3.11. The Balaban J connectivity index is 1.19. The average Bonchev–Trinajstić information content (AvgIpc) is 3.26.